The first-order chi connectivity index (χ1) is 12.2. The van der Waals surface area contributed by atoms with E-state index in [-0.39, 0.29) is 5.41 Å². The summed E-state index contributed by atoms with van der Waals surface area (Å²) < 4.78 is 0. The van der Waals surface area contributed by atoms with Gasteiger partial charge in [-0.25, -0.2) is 9.59 Å². The molecule has 0 aliphatic rings. The molecule has 0 aliphatic carbocycles. The number of benzene rings is 2. The van der Waals surface area contributed by atoms with E-state index in [4.69, 9.17) is 0 Å². The van der Waals surface area contributed by atoms with E-state index in [1.807, 2.05) is 12.1 Å². The van der Waals surface area contributed by atoms with Crippen molar-refractivity contribution in [3.8, 4) is 0 Å². The zero-order valence-corrected chi connectivity index (χ0v) is 15.1. The van der Waals surface area contributed by atoms with Gasteiger partial charge in [-0.15, -0.1) is 0 Å². The lowest BCUT2D eigenvalue weighted by molar-refractivity contribution is -0.142. The third-order valence-electron chi connectivity index (χ3n) is 4.02. The number of rotatable bonds is 5. The predicted octanol–water partition coefficient (Wildman–Crippen LogP) is 3.29. The van der Waals surface area contributed by atoms with Crippen LogP contribution in [-0.2, 0) is 10.2 Å². The van der Waals surface area contributed by atoms with E-state index in [2.05, 4.69) is 31.4 Å². The lowest BCUT2D eigenvalue weighted by atomic mass is 9.87. The van der Waals surface area contributed by atoms with Gasteiger partial charge in [-0.1, -0.05) is 63.2 Å². The highest BCUT2D eigenvalue weighted by atomic mass is 16.4. The summed E-state index contributed by atoms with van der Waals surface area (Å²) in [6, 6.07) is 13.5. The van der Waals surface area contributed by atoms with Gasteiger partial charge in [0.15, 0.2) is 6.04 Å². The minimum absolute atomic E-state index is 0.00497. The Labute approximate surface area is 152 Å². The molecule has 0 heterocycles. The number of carbonyl (C=O) groups excluding carboxylic acids is 1. The number of hydrogen-bond donors (Lipinski definition) is 4. The molecule has 0 radical (unpaired) electrons. The molecule has 0 aromatic heterocycles. The van der Waals surface area contributed by atoms with Gasteiger partial charge in [0.2, 0.25) is 0 Å². The molecule has 0 spiro atoms. The van der Waals surface area contributed by atoms with Crippen LogP contribution in [0, 0.1) is 0 Å². The normalized spacial score (nSPS) is 13.5. The van der Waals surface area contributed by atoms with Crippen LogP contribution in [-0.4, -0.2) is 28.3 Å². The van der Waals surface area contributed by atoms with E-state index in [0.29, 0.717) is 11.3 Å². The van der Waals surface area contributed by atoms with Crippen molar-refractivity contribution >= 4 is 17.7 Å². The summed E-state index contributed by atoms with van der Waals surface area (Å²) in [5.74, 6) is -1.32. The Hall–Kier alpha value is -2.86. The molecule has 2 unspecified atom stereocenters. The molecule has 6 nitrogen and oxygen atoms in total. The van der Waals surface area contributed by atoms with Crippen LogP contribution in [0.15, 0.2) is 54.6 Å². The van der Waals surface area contributed by atoms with E-state index < -0.39 is 24.1 Å². The molecule has 0 saturated carbocycles. The Kier molecular flexibility index (Phi) is 6.00. The van der Waals surface area contributed by atoms with Crippen LogP contribution in [0.25, 0.3) is 0 Å². The van der Waals surface area contributed by atoms with Crippen LogP contribution < -0.4 is 10.6 Å². The lowest BCUT2D eigenvalue weighted by Crippen LogP contribution is -2.46. The zero-order valence-electron chi connectivity index (χ0n) is 15.1. The molecule has 4 N–H and O–H groups in total. The SMILES string of the molecule is CC(C)(C)c1ccc(NC(=O)NC(C(=O)O)C(O)c2ccccc2)cc1. The topological polar surface area (TPSA) is 98.7 Å². The highest BCUT2D eigenvalue weighted by Crippen LogP contribution is 2.23. The molecule has 0 fully saturated rings. The summed E-state index contributed by atoms with van der Waals surface area (Å²) in [4.78, 5) is 23.6. The smallest absolute Gasteiger partial charge is 0.329 e. The van der Waals surface area contributed by atoms with Gasteiger partial charge >= 0.3 is 12.0 Å². The number of aliphatic hydroxyl groups excluding tert-OH is 1. The number of aliphatic hydroxyl groups is 1. The summed E-state index contributed by atoms with van der Waals surface area (Å²) in [7, 11) is 0. The molecule has 0 bridgehead atoms. The molecule has 6 heteroatoms. The number of carbonyl (C=O) groups is 2. The highest BCUT2D eigenvalue weighted by Gasteiger charge is 2.29. The van der Waals surface area contributed by atoms with Crippen LogP contribution >= 0.6 is 0 Å². The standard InChI is InChI=1S/C20H24N2O4/c1-20(2,3)14-9-11-15(12-10-14)21-19(26)22-16(18(24)25)17(23)13-7-5-4-6-8-13/h4-12,16-17,23H,1-3H3,(H,24,25)(H2,21,22,26). The maximum atomic E-state index is 12.1. The van der Waals surface area contributed by atoms with Crippen LogP contribution in [0.5, 0.6) is 0 Å². The second-order valence-corrected chi connectivity index (χ2v) is 7.10. The molecule has 26 heavy (non-hydrogen) atoms. The summed E-state index contributed by atoms with van der Waals surface area (Å²) in [5.41, 5.74) is 2.06. The van der Waals surface area contributed by atoms with Crippen molar-refractivity contribution in [2.45, 2.75) is 38.3 Å². The first kappa shape index (κ1) is 19.5. The van der Waals surface area contributed by atoms with E-state index in [0.717, 1.165) is 5.56 Å². The Morgan fingerprint density at radius 2 is 1.54 bits per heavy atom. The molecule has 2 aromatic carbocycles. The van der Waals surface area contributed by atoms with Gasteiger partial charge < -0.3 is 20.8 Å². The van der Waals surface area contributed by atoms with Gasteiger partial charge in [0.25, 0.3) is 0 Å². The molecular formula is C20H24N2O4. The quantitative estimate of drug-likeness (QED) is 0.661. The number of carboxylic acids is 1. The molecule has 138 valence electrons. The van der Waals surface area contributed by atoms with Crippen molar-refractivity contribution in [3.05, 3.63) is 65.7 Å². The Morgan fingerprint density at radius 3 is 2.04 bits per heavy atom. The Morgan fingerprint density at radius 1 is 0.962 bits per heavy atom. The molecule has 2 amide bonds. The molecule has 2 rings (SSSR count). The van der Waals surface area contributed by atoms with Crippen molar-refractivity contribution in [3.63, 3.8) is 0 Å². The number of aliphatic carboxylic acids is 1. The third-order valence-corrected chi connectivity index (χ3v) is 4.02. The number of nitrogens with one attached hydrogen (secondary N) is 2. The summed E-state index contributed by atoms with van der Waals surface area (Å²) in [6.07, 6.45) is -1.36. The monoisotopic (exact) mass is 356 g/mol. The van der Waals surface area contributed by atoms with Crippen LogP contribution in [0.3, 0.4) is 0 Å². The zero-order chi connectivity index (χ0) is 19.3. The van der Waals surface area contributed by atoms with Crippen molar-refractivity contribution in [2.75, 3.05) is 5.32 Å². The van der Waals surface area contributed by atoms with Crippen molar-refractivity contribution in [1.29, 1.82) is 0 Å². The Balaban J connectivity index is 2.05. The fourth-order valence-electron chi connectivity index (χ4n) is 2.48. The van der Waals surface area contributed by atoms with Crippen LogP contribution in [0.4, 0.5) is 10.5 Å². The minimum atomic E-state index is -1.47. The fourth-order valence-corrected chi connectivity index (χ4v) is 2.48. The van der Waals surface area contributed by atoms with Crippen molar-refractivity contribution in [2.24, 2.45) is 0 Å². The number of urea groups is 1. The largest absolute Gasteiger partial charge is 0.480 e. The van der Waals surface area contributed by atoms with Crippen LogP contribution in [0.2, 0.25) is 0 Å². The number of amides is 2. The van der Waals surface area contributed by atoms with Gasteiger partial charge in [-0.3, -0.25) is 0 Å². The summed E-state index contributed by atoms with van der Waals surface area (Å²) >= 11 is 0. The first-order valence-corrected chi connectivity index (χ1v) is 8.32. The molecule has 2 atom stereocenters. The number of carboxylic acid groups (broad SMARTS) is 1. The van der Waals surface area contributed by atoms with Gasteiger partial charge in [0, 0.05) is 5.69 Å². The van der Waals surface area contributed by atoms with E-state index in [9.17, 15) is 19.8 Å². The molecule has 0 aliphatic heterocycles. The van der Waals surface area contributed by atoms with Gasteiger partial charge in [-0.2, -0.15) is 0 Å². The number of anilines is 1. The fraction of sp³-hybridized carbons (Fsp3) is 0.300. The van der Waals surface area contributed by atoms with E-state index in [1.165, 1.54) is 0 Å². The minimum Gasteiger partial charge on any atom is -0.480 e. The first-order valence-electron chi connectivity index (χ1n) is 8.32. The third kappa shape index (κ3) is 5.07. The van der Waals surface area contributed by atoms with E-state index >= 15 is 0 Å². The molecule has 2 aromatic rings. The van der Waals surface area contributed by atoms with Gasteiger partial charge in [-0.05, 0) is 28.7 Å². The average molecular weight is 356 g/mol. The predicted molar refractivity (Wildman–Crippen MR) is 100 cm³/mol. The summed E-state index contributed by atoms with van der Waals surface area (Å²) in [5, 5.41) is 24.5. The maximum Gasteiger partial charge on any atom is 0.329 e. The highest BCUT2D eigenvalue weighted by molar-refractivity contribution is 5.92. The van der Waals surface area contributed by atoms with Crippen LogP contribution in [0.1, 0.15) is 38.0 Å². The Bertz CT molecular complexity index is 752. The summed E-state index contributed by atoms with van der Waals surface area (Å²) in [6.45, 7) is 6.26. The molecular weight excluding hydrogens is 332 g/mol. The lowest BCUT2D eigenvalue weighted by Gasteiger charge is -2.21. The number of hydrogen-bond acceptors (Lipinski definition) is 3. The maximum absolute atomic E-state index is 12.1. The van der Waals surface area contributed by atoms with Gasteiger partial charge in [0.05, 0.1) is 0 Å². The average Bonchev–Trinajstić information content (AvgIpc) is 2.59. The van der Waals surface area contributed by atoms with Gasteiger partial charge in [0.1, 0.15) is 6.10 Å². The van der Waals surface area contributed by atoms with Crippen molar-refractivity contribution in [1.82, 2.24) is 5.32 Å². The molecule has 0 saturated heterocycles. The second-order valence-electron chi connectivity index (χ2n) is 7.10. The second kappa shape index (κ2) is 8.01. The van der Waals surface area contributed by atoms with Crippen molar-refractivity contribution < 1.29 is 19.8 Å². The van der Waals surface area contributed by atoms with E-state index in [1.54, 1.807) is 42.5 Å².